The first kappa shape index (κ1) is 11.5. The molecule has 2 atom stereocenters. The molecule has 1 rings (SSSR count). The summed E-state index contributed by atoms with van der Waals surface area (Å²) in [4.78, 5) is 0. The molecule has 0 radical (unpaired) electrons. The first-order chi connectivity index (χ1) is 6.79. The van der Waals surface area contributed by atoms with Crippen LogP contribution >= 0.6 is 0 Å². The van der Waals surface area contributed by atoms with Crippen LogP contribution in [-0.4, -0.2) is 6.54 Å². The summed E-state index contributed by atoms with van der Waals surface area (Å²) in [5, 5.41) is 0. The molecule has 0 aromatic heterocycles. The Balaban J connectivity index is 2.55. The van der Waals surface area contributed by atoms with Crippen molar-refractivity contribution in [2.75, 3.05) is 6.54 Å². The van der Waals surface area contributed by atoms with E-state index in [2.05, 4.69) is 32.1 Å². The Hall–Kier alpha value is -0.560. The number of rotatable bonds is 4. The van der Waals surface area contributed by atoms with Gasteiger partial charge in [-0.15, -0.1) is 0 Å². The smallest absolute Gasteiger partial charge is 0.00742 e. The van der Waals surface area contributed by atoms with Crippen molar-refractivity contribution in [1.82, 2.24) is 0 Å². The molecule has 0 spiro atoms. The molecule has 80 valence electrons. The molecule has 0 aromatic rings. The standard InChI is InChI=1S/C13H23N/c1-3-12(8-6-10-14)13-9-5-4-7-11(13)2/h3-5,11,13H,6-10,14H2,1-2H3. The van der Waals surface area contributed by atoms with E-state index in [1.165, 1.54) is 19.3 Å². The van der Waals surface area contributed by atoms with Gasteiger partial charge in [0.15, 0.2) is 0 Å². The van der Waals surface area contributed by atoms with Gasteiger partial charge >= 0.3 is 0 Å². The molecule has 0 saturated heterocycles. The maximum absolute atomic E-state index is 5.55. The Labute approximate surface area is 88.1 Å². The van der Waals surface area contributed by atoms with Crippen molar-refractivity contribution in [3.8, 4) is 0 Å². The van der Waals surface area contributed by atoms with Crippen LogP contribution < -0.4 is 5.73 Å². The van der Waals surface area contributed by atoms with Crippen LogP contribution in [0.15, 0.2) is 23.8 Å². The Morgan fingerprint density at radius 1 is 1.43 bits per heavy atom. The van der Waals surface area contributed by atoms with E-state index in [1.807, 2.05) is 0 Å². The van der Waals surface area contributed by atoms with Crippen LogP contribution in [0.1, 0.15) is 39.5 Å². The lowest BCUT2D eigenvalue weighted by atomic mass is 9.78. The third kappa shape index (κ3) is 2.98. The number of hydrogen-bond donors (Lipinski definition) is 1. The monoisotopic (exact) mass is 193 g/mol. The molecule has 1 aliphatic rings. The molecule has 0 saturated carbocycles. The van der Waals surface area contributed by atoms with E-state index in [4.69, 9.17) is 5.73 Å². The topological polar surface area (TPSA) is 26.0 Å². The number of nitrogens with two attached hydrogens (primary N) is 1. The third-order valence-corrected chi connectivity index (χ3v) is 3.27. The van der Waals surface area contributed by atoms with Crippen LogP contribution in [0.2, 0.25) is 0 Å². The Morgan fingerprint density at radius 2 is 2.14 bits per heavy atom. The Bertz CT molecular complexity index is 215. The minimum atomic E-state index is 0.775. The average molecular weight is 193 g/mol. The second kappa shape index (κ2) is 6.02. The highest BCUT2D eigenvalue weighted by atomic mass is 14.5. The predicted molar refractivity (Wildman–Crippen MR) is 63.1 cm³/mol. The average Bonchev–Trinajstić information content (AvgIpc) is 2.21. The van der Waals surface area contributed by atoms with Crippen molar-refractivity contribution in [1.29, 1.82) is 0 Å². The number of hydrogen-bond acceptors (Lipinski definition) is 1. The normalized spacial score (nSPS) is 28.1. The van der Waals surface area contributed by atoms with Crippen LogP contribution in [0.25, 0.3) is 0 Å². The summed E-state index contributed by atoms with van der Waals surface area (Å²) in [6, 6.07) is 0. The van der Waals surface area contributed by atoms with Crippen LogP contribution in [0.5, 0.6) is 0 Å². The summed E-state index contributed by atoms with van der Waals surface area (Å²) >= 11 is 0. The van der Waals surface area contributed by atoms with Gasteiger partial charge in [0, 0.05) is 0 Å². The molecule has 0 aromatic carbocycles. The van der Waals surface area contributed by atoms with Gasteiger partial charge in [0.2, 0.25) is 0 Å². The molecule has 1 heteroatoms. The summed E-state index contributed by atoms with van der Waals surface area (Å²) in [5.41, 5.74) is 7.17. The number of allylic oxidation sites excluding steroid dienone is 4. The second-order valence-corrected chi connectivity index (χ2v) is 4.28. The summed E-state index contributed by atoms with van der Waals surface area (Å²) in [6.45, 7) is 5.34. The highest BCUT2D eigenvalue weighted by molar-refractivity contribution is 5.12. The van der Waals surface area contributed by atoms with Gasteiger partial charge in [-0.1, -0.05) is 30.7 Å². The molecule has 0 fully saturated rings. The maximum Gasteiger partial charge on any atom is -0.00742 e. The summed E-state index contributed by atoms with van der Waals surface area (Å²) in [5.74, 6) is 1.58. The van der Waals surface area contributed by atoms with Gasteiger partial charge in [-0.25, -0.2) is 0 Å². The van der Waals surface area contributed by atoms with Gasteiger partial charge in [0.25, 0.3) is 0 Å². The molecule has 0 bridgehead atoms. The lowest BCUT2D eigenvalue weighted by Crippen LogP contribution is -2.16. The van der Waals surface area contributed by atoms with Crippen molar-refractivity contribution < 1.29 is 0 Å². The van der Waals surface area contributed by atoms with Gasteiger partial charge in [0.1, 0.15) is 0 Å². The predicted octanol–water partition coefficient (Wildman–Crippen LogP) is 3.27. The zero-order chi connectivity index (χ0) is 10.4. The summed E-state index contributed by atoms with van der Waals surface area (Å²) in [6.07, 6.45) is 11.7. The molecular formula is C13H23N. The molecule has 0 aliphatic heterocycles. The highest BCUT2D eigenvalue weighted by Crippen LogP contribution is 2.33. The van der Waals surface area contributed by atoms with Gasteiger partial charge < -0.3 is 5.73 Å². The lowest BCUT2D eigenvalue weighted by Gasteiger charge is -2.28. The summed E-state index contributed by atoms with van der Waals surface area (Å²) in [7, 11) is 0. The molecule has 2 unspecified atom stereocenters. The van der Waals surface area contributed by atoms with E-state index < -0.39 is 0 Å². The van der Waals surface area contributed by atoms with Gasteiger partial charge in [-0.3, -0.25) is 0 Å². The molecule has 0 amide bonds. The third-order valence-electron chi connectivity index (χ3n) is 3.27. The Kier molecular flexibility index (Phi) is 4.95. The fraction of sp³-hybridized carbons (Fsp3) is 0.692. The first-order valence-electron chi connectivity index (χ1n) is 5.79. The fourth-order valence-corrected chi connectivity index (χ4v) is 2.32. The van der Waals surface area contributed by atoms with E-state index >= 15 is 0 Å². The zero-order valence-corrected chi connectivity index (χ0v) is 9.50. The van der Waals surface area contributed by atoms with Crippen molar-refractivity contribution in [2.24, 2.45) is 17.6 Å². The largest absolute Gasteiger partial charge is 0.330 e. The minimum Gasteiger partial charge on any atom is -0.330 e. The Morgan fingerprint density at radius 3 is 2.71 bits per heavy atom. The SMILES string of the molecule is CC=C(CCCN)C1CC=CCC1C. The molecule has 14 heavy (non-hydrogen) atoms. The van der Waals surface area contributed by atoms with Gasteiger partial charge in [-0.2, -0.15) is 0 Å². The molecular weight excluding hydrogens is 170 g/mol. The molecule has 0 heterocycles. The lowest BCUT2D eigenvalue weighted by molar-refractivity contribution is 0.389. The highest BCUT2D eigenvalue weighted by Gasteiger charge is 2.20. The van der Waals surface area contributed by atoms with E-state index in [0.717, 1.165) is 24.8 Å². The fourth-order valence-electron chi connectivity index (χ4n) is 2.32. The van der Waals surface area contributed by atoms with Crippen molar-refractivity contribution in [2.45, 2.75) is 39.5 Å². The van der Waals surface area contributed by atoms with E-state index in [1.54, 1.807) is 5.57 Å². The van der Waals surface area contributed by atoms with Crippen LogP contribution in [0.3, 0.4) is 0 Å². The van der Waals surface area contributed by atoms with Crippen molar-refractivity contribution in [3.05, 3.63) is 23.8 Å². The summed E-state index contributed by atoms with van der Waals surface area (Å²) < 4.78 is 0. The minimum absolute atomic E-state index is 0.775. The van der Waals surface area contributed by atoms with Gasteiger partial charge in [-0.05, 0) is 51.0 Å². The van der Waals surface area contributed by atoms with Crippen molar-refractivity contribution in [3.63, 3.8) is 0 Å². The second-order valence-electron chi connectivity index (χ2n) is 4.28. The quantitative estimate of drug-likeness (QED) is 0.681. The van der Waals surface area contributed by atoms with Crippen LogP contribution in [0.4, 0.5) is 0 Å². The molecule has 1 aliphatic carbocycles. The van der Waals surface area contributed by atoms with Crippen LogP contribution in [-0.2, 0) is 0 Å². The van der Waals surface area contributed by atoms with Gasteiger partial charge in [0.05, 0.1) is 0 Å². The zero-order valence-electron chi connectivity index (χ0n) is 9.50. The molecule has 2 N–H and O–H groups in total. The first-order valence-corrected chi connectivity index (χ1v) is 5.79. The van der Waals surface area contributed by atoms with Crippen molar-refractivity contribution >= 4 is 0 Å². The maximum atomic E-state index is 5.55. The van der Waals surface area contributed by atoms with E-state index in [9.17, 15) is 0 Å². The molecule has 1 nitrogen and oxygen atoms in total. The van der Waals surface area contributed by atoms with E-state index in [0.29, 0.717) is 0 Å². The van der Waals surface area contributed by atoms with Crippen LogP contribution in [0, 0.1) is 11.8 Å². The van der Waals surface area contributed by atoms with E-state index in [-0.39, 0.29) is 0 Å².